The first-order valence-corrected chi connectivity index (χ1v) is 15.6. The number of rotatable bonds is 5. The average Bonchev–Trinajstić information content (AvgIpc) is 2.77. The Bertz CT molecular complexity index is 762. The Morgan fingerprint density at radius 1 is 0.710 bits per heavy atom. The molecule has 2 saturated heterocycles. The van der Waals surface area contributed by atoms with E-state index in [0.29, 0.717) is 0 Å². The van der Waals surface area contributed by atoms with Crippen LogP contribution >= 0.6 is 15.9 Å². The van der Waals surface area contributed by atoms with Crippen molar-refractivity contribution in [2.75, 3.05) is 13.2 Å². The molecule has 4 nitrogen and oxygen atoms in total. The molecular weight excluding hydrogens is 472 g/mol. The van der Waals surface area contributed by atoms with E-state index in [9.17, 15) is 0 Å². The lowest BCUT2D eigenvalue weighted by Crippen LogP contribution is -2.37. The molecule has 2 atom stereocenters. The molecule has 2 aromatic rings. The highest BCUT2D eigenvalue weighted by atomic mass is 79.9. The number of halogens is 1. The van der Waals surface area contributed by atoms with Gasteiger partial charge in [-0.05, 0) is 62.1 Å². The van der Waals surface area contributed by atoms with Gasteiger partial charge in [-0.25, -0.2) is 0 Å². The van der Waals surface area contributed by atoms with Gasteiger partial charge in [-0.15, -0.1) is 0 Å². The lowest BCUT2D eigenvalue weighted by Gasteiger charge is -2.24. The molecule has 0 saturated carbocycles. The summed E-state index contributed by atoms with van der Waals surface area (Å²) in [6, 6.07) is 16.4. The lowest BCUT2D eigenvalue weighted by atomic mass is 10.2. The van der Waals surface area contributed by atoms with Crippen LogP contribution in [0.15, 0.2) is 53.0 Å². The smallest absolute Gasteiger partial charge is 0.199 e. The van der Waals surface area contributed by atoms with Crippen molar-refractivity contribution in [1.82, 2.24) is 0 Å². The van der Waals surface area contributed by atoms with Gasteiger partial charge < -0.3 is 18.9 Å². The summed E-state index contributed by atoms with van der Waals surface area (Å²) in [6.45, 7) is 8.71. The van der Waals surface area contributed by atoms with E-state index in [1.165, 1.54) is 18.0 Å². The van der Waals surface area contributed by atoms with E-state index in [1.54, 1.807) is 0 Å². The van der Waals surface area contributed by atoms with Gasteiger partial charge >= 0.3 is 0 Å². The summed E-state index contributed by atoms with van der Waals surface area (Å²) < 4.78 is 23.6. The summed E-state index contributed by atoms with van der Waals surface area (Å²) in [6.07, 6.45) is 6.63. The maximum absolute atomic E-state index is 5.82. The summed E-state index contributed by atoms with van der Waals surface area (Å²) in [5.74, 6) is 1.80. The highest BCUT2D eigenvalue weighted by Gasteiger charge is 2.18. The topological polar surface area (TPSA) is 36.9 Å². The fourth-order valence-electron chi connectivity index (χ4n) is 3.46. The Kier molecular flexibility index (Phi) is 9.44. The summed E-state index contributed by atoms with van der Waals surface area (Å²) in [5, 5.41) is 1.47. The summed E-state index contributed by atoms with van der Waals surface area (Å²) in [5.41, 5.74) is 0. The van der Waals surface area contributed by atoms with Crippen molar-refractivity contribution in [1.29, 1.82) is 0 Å². The van der Waals surface area contributed by atoms with Crippen molar-refractivity contribution in [3.8, 4) is 11.5 Å². The van der Waals surface area contributed by atoms with Gasteiger partial charge in [0.25, 0.3) is 0 Å². The quantitative estimate of drug-likeness (QED) is 0.434. The minimum Gasteiger partial charge on any atom is -0.465 e. The van der Waals surface area contributed by atoms with E-state index in [2.05, 4.69) is 59.8 Å². The maximum Gasteiger partial charge on any atom is 0.199 e. The van der Waals surface area contributed by atoms with Gasteiger partial charge in [0.2, 0.25) is 0 Å². The van der Waals surface area contributed by atoms with Gasteiger partial charge in [0, 0.05) is 17.3 Å². The third kappa shape index (κ3) is 8.60. The third-order valence-corrected chi connectivity index (χ3v) is 7.94. The van der Waals surface area contributed by atoms with Crippen molar-refractivity contribution in [2.24, 2.45) is 0 Å². The first-order chi connectivity index (χ1) is 14.9. The molecule has 0 aliphatic carbocycles. The number of hydrogen-bond acceptors (Lipinski definition) is 4. The molecule has 0 N–H and O–H groups in total. The van der Waals surface area contributed by atoms with Crippen molar-refractivity contribution < 1.29 is 18.9 Å². The van der Waals surface area contributed by atoms with E-state index >= 15 is 0 Å². The van der Waals surface area contributed by atoms with Crippen molar-refractivity contribution in [3.63, 3.8) is 0 Å². The molecule has 0 spiro atoms. The minimum absolute atomic E-state index is 0.0403. The largest absolute Gasteiger partial charge is 0.465 e. The summed E-state index contributed by atoms with van der Waals surface area (Å²) in [7, 11) is -1.20. The van der Waals surface area contributed by atoms with Gasteiger partial charge in [0.1, 0.15) is 11.5 Å². The molecule has 4 rings (SSSR count). The standard InChI is InChI=1S/C14H22O2Si.C11H13BrO2/c1-17(2,3)13-9-7-12(8-10-13)16-14-6-4-5-11-15-14;12-9-4-6-10(7-5-9)14-11-3-1-2-8-13-11/h7-10,14H,4-6,11H2,1-3H3;4-7,11H,1-3,8H2. The van der Waals surface area contributed by atoms with Crippen LogP contribution in [-0.4, -0.2) is 33.9 Å². The van der Waals surface area contributed by atoms with Crippen LogP contribution < -0.4 is 14.7 Å². The van der Waals surface area contributed by atoms with Crippen LogP contribution in [0.1, 0.15) is 38.5 Å². The van der Waals surface area contributed by atoms with Crippen LogP contribution in [-0.2, 0) is 9.47 Å². The lowest BCUT2D eigenvalue weighted by molar-refractivity contribution is -0.106. The van der Waals surface area contributed by atoms with Gasteiger partial charge in [-0.3, -0.25) is 0 Å². The Morgan fingerprint density at radius 3 is 1.55 bits per heavy atom. The second-order valence-electron chi connectivity index (χ2n) is 9.06. The van der Waals surface area contributed by atoms with E-state index in [0.717, 1.165) is 54.9 Å². The minimum atomic E-state index is -1.20. The van der Waals surface area contributed by atoms with Crippen molar-refractivity contribution >= 4 is 29.2 Å². The Hall–Kier alpha value is -1.34. The van der Waals surface area contributed by atoms with Gasteiger partial charge in [0.15, 0.2) is 12.6 Å². The summed E-state index contributed by atoms with van der Waals surface area (Å²) >= 11 is 3.38. The van der Waals surface area contributed by atoms with Crippen molar-refractivity contribution in [3.05, 3.63) is 53.0 Å². The SMILES string of the molecule is Brc1ccc(OC2CCCCO2)cc1.C[Si](C)(C)c1ccc(OC2CCCCO2)cc1. The number of hydrogen-bond donors (Lipinski definition) is 0. The average molecular weight is 508 g/mol. The molecule has 2 aliphatic rings. The zero-order valence-electron chi connectivity index (χ0n) is 18.9. The first-order valence-electron chi connectivity index (χ1n) is 11.3. The zero-order valence-corrected chi connectivity index (χ0v) is 21.5. The molecule has 2 fully saturated rings. The fourth-order valence-corrected chi connectivity index (χ4v) is 4.89. The van der Waals surface area contributed by atoms with E-state index < -0.39 is 8.07 Å². The Morgan fingerprint density at radius 2 is 1.16 bits per heavy atom. The molecule has 2 heterocycles. The molecule has 0 radical (unpaired) electrons. The van der Waals surface area contributed by atoms with E-state index in [-0.39, 0.29) is 12.6 Å². The molecule has 31 heavy (non-hydrogen) atoms. The van der Waals surface area contributed by atoms with E-state index in [1.807, 2.05) is 24.3 Å². The molecule has 0 amide bonds. The predicted octanol–water partition coefficient (Wildman–Crippen LogP) is 6.49. The Balaban J connectivity index is 0.000000179. The molecule has 0 bridgehead atoms. The van der Waals surface area contributed by atoms with Crippen LogP contribution in [0, 0.1) is 0 Å². The maximum atomic E-state index is 5.82. The fraction of sp³-hybridized carbons (Fsp3) is 0.520. The molecular formula is C25H35BrO4Si. The zero-order chi connectivity index (χ0) is 22.1. The van der Waals surface area contributed by atoms with Crippen LogP contribution in [0.3, 0.4) is 0 Å². The Labute approximate surface area is 196 Å². The summed E-state index contributed by atoms with van der Waals surface area (Å²) in [4.78, 5) is 0. The molecule has 2 unspecified atom stereocenters. The molecule has 170 valence electrons. The van der Waals surface area contributed by atoms with Crippen LogP contribution in [0.25, 0.3) is 0 Å². The van der Waals surface area contributed by atoms with Gasteiger partial charge in [0.05, 0.1) is 21.3 Å². The predicted molar refractivity (Wildman–Crippen MR) is 132 cm³/mol. The highest BCUT2D eigenvalue weighted by molar-refractivity contribution is 9.10. The molecule has 2 aromatic carbocycles. The highest BCUT2D eigenvalue weighted by Crippen LogP contribution is 2.21. The van der Waals surface area contributed by atoms with Crippen molar-refractivity contribution in [2.45, 2.75) is 70.7 Å². The second kappa shape index (κ2) is 12.0. The van der Waals surface area contributed by atoms with E-state index in [4.69, 9.17) is 18.9 Å². The number of benzene rings is 2. The molecule has 0 aromatic heterocycles. The van der Waals surface area contributed by atoms with Crippen LogP contribution in [0.2, 0.25) is 19.6 Å². The number of ether oxygens (including phenoxy) is 4. The van der Waals surface area contributed by atoms with Gasteiger partial charge in [-0.2, -0.15) is 0 Å². The molecule has 6 heteroatoms. The first kappa shape index (κ1) is 24.3. The normalized spacial score (nSPS) is 21.5. The van der Waals surface area contributed by atoms with Crippen LogP contribution in [0.4, 0.5) is 0 Å². The van der Waals surface area contributed by atoms with Gasteiger partial charge in [-0.1, -0.05) is 52.9 Å². The monoisotopic (exact) mass is 506 g/mol. The van der Waals surface area contributed by atoms with Crippen LogP contribution in [0.5, 0.6) is 11.5 Å². The molecule has 2 aliphatic heterocycles. The second-order valence-corrected chi connectivity index (χ2v) is 15.0. The third-order valence-electron chi connectivity index (χ3n) is 5.34.